The Hall–Kier alpha value is -1.16. The highest BCUT2D eigenvalue weighted by Crippen LogP contribution is 2.28. The number of phenols is 1. The molecule has 2 rings (SSSR count). The van der Waals surface area contributed by atoms with Crippen LogP contribution in [-0.2, 0) is 6.42 Å². The number of phenolic OH excluding ortho intramolecular Hbond substituents is 1. The molecule has 2 nitrogen and oxygen atoms in total. The van der Waals surface area contributed by atoms with Crippen molar-refractivity contribution >= 4 is 0 Å². The van der Waals surface area contributed by atoms with Gasteiger partial charge in [0.1, 0.15) is 5.75 Å². The molecule has 94 valence electrons. The van der Waals surface area contributed by atoms with Gasteiger partial charge in [-0.3, -0.25) is 0 Å². The molecule has 4 heteroatoms. The summed E-state index contributed by atoms with van der Waals surface area (Å²) < 4.78 is 25.1. The molecule has 1 aromatic carbocycles. The predicted molar refractivity (Wildman–Crippen MR) is 62.4 cm³/mol. The van der Waals surface area contributed by atoms with Crippen molar-refractivity contribution in [2.24, 2.45) is 5.92 Å². The molecule has 0 radical (unpaired) electrons. The number of benzene rings is 1. The average Bonchev–Trinajstić information content (AvgIpc) is 2.33. The van der Waals surface area contributed by atoms with Crippen molar-refractivity contribution in [1.29, 1.82) is 0 Å². The van der Waals surface area contributed by atoms with Crippen LogP contribution in [0.3, 0.4) is 0 Å². The molecule has 1 aromatic rings. The molecule has 0 atom stereocenters. The fraction of sp³-hybridized carbons (Fsp3) is 0.538. The van der Waals surface area contributed by atoms with Gasteiger partial charge in [0, 0.05) is 5.56 Å². The van der Waals surface area contributed by atoms with Crippen molar-refractivity contribution in [3.8, 4) is 5.75 Å². The van der Waals surface area contributed by atoms with Gasteiger partial charge in [0.25, 0.3) is 6.43 Å². The van der Waals surface area contributed by atoms with Gasteiger partial charge in [-0.2, -0.15) is 0 Å². The summed E-state index contributed by atoms with van der Waals surface area (Å²) in [5.74, 6) is 0.614. The molecule has 0 unspecified atom stereocenters. The number of nitrogens with one attached hydrogen (secondary N) is 1. The van der Waals surface area contributed by atoms with Crippen molar-refractivity contribution in [2.45, 2.75) is 25.7 Å². The maximum atomic E-state index is 12.6. The van der Waals surface area contributed by atoms with Gasteiger partial charge in [-0.15, -0.1) is 0 Å². The van der Waals surface area contributed by atoms with Crippen molar-refractivity contribution in [1.82, 2.24) is 5.32 Å². The lowest BCUT2D eigenvalue weighted by Gasteiger charge is -2.23. The third kappa shape index (κ3) is 3.16. The van der Waals surface area contributed by atoms with E-state index >= 15 is 0 Å². The maximum absolute atomic E-state index is 12.6. The first-order valence-electron chi connectivity index (χ1n) is 5.97. The molecule has 0 bridgehead atoms. The van der Waals surface area contributed by atoms with Gasteiger partial charge in [-0.1, -0.05) is 0 Å². The molecule has 1 heterocycles. The number of alkyl halides is 2. The summed E-state index contributed by atoms with van der Waals surface area (Å²) in [4.78, 5) is 0. The minimum atomic E-state index is -2.47. The number of rotatable bonds is 3. The summed E-state index contributed by atoms with van der Waals surface area (Å²) in [5.41, 5.74) is 0.640. The summed E-state index contributed by atoms with van der Waals surface area (Å²) in [6.07, 6.45) is 0.299. The van der Waals surface area contributed by atoms with E-state index in [1.165, 1.54) is 18.2 Å². The second-order valence-electron chi connectivity index (χ2n) is 4.59. The first kappa shape index (κ1) is 12.3. The lowest BCUT2D eigenvalue weighted by molar-refractivity contribution is 0.151. The number of halogens is 2. The molecule has 1 aliphatic heterocycles. The Kier molecular flexibility index (Phi) is 3.94. The van der Waals surface area contributed by atoms with Gasteiger partial charge in [0.15, 0.2) is 0 Å². The molecule has 0 spiro atoms. The van der Waals surface area contributed by atoms with Crippen LogP contribution in [0.25, 0.3) is 0 Å². The zero-order valence-corrected chi connectivity index (χ0v) is 9.63. The van der Waals surface area contributed by atoms with Crippen LogP contribution in [0, 0.1) is 5.92 Å². The molecule has 1 saturated heterocycles. The summed E-state index contributed by atoms with van der Waals surface area (Å²) in [6.45, 7) is 1.94. The van der Waals surface area contributed by atoms with E-state index in [0.29, 0.717) is 17.9 Å². The molecule has 17 heavy (non-hydrogen) atoms. The van der Waals surface area contributed by atoms with Crippen LogP contribution in [0.15, 0.2) is 18.2 Å². The molecule has 1 aliphatic rings. The molecule has 0 amide bonds. The third-order valence-corrected chi connectivity index (χ3v) is 3.32. The van der Waals surface area contributed by atoms with Crippen molar-refractivity contribution in [2.75, 3.05) is 13.1 Å². The van der Waals surface area contributed by atoms with Crippen molar-refractivity contribution < 1.29 is 13.9 Å². The summed E-state index contributed by atoms with van der Waals surface area (Å²) >= 11 is 0. The van der Waals surface area contributed by atoms with Crippen LogP contribution >= 0.6 is 0 Å². The highest BCUT2D eigenvalue weighted by atomic mass is 19.3. The molecule has 0 aromatic heterocycles. The molecular weight excluding hydrogens is 224 g/mol. The SMILES string of the molecule is Oc1ccc(C(F)F)cc1CC1CCNCC1. The van der Waals surface area contributed by atoms with Crippen LogP contribution in [-0.4, -0.2) is 18.2 Å². The van der Waals surface area contributed by atoms with Gasteiger partial charge in [-0.25, -0.2) is 8.78 Å². The Morgan fingerprint density at radius 2 is 2.00 bits per heavy atom. The Balaban J connectivity index is 2.10. The number of hydrogen-bond acceptors (Lipinski definition) is 2. The predicted octanol–water partition coefficient (Wildman–Crippen LogP) is 2.87. The number of aromatic hydroxyl groups is 1. The summed E-state index contributed by atoms with van der Waals surface area (Å²) in [6, 6.07) is 4.09. The molecular formula is C13H17F2NO. The minimum absolute atomic E-state index is 0.00765. The van der Waals surface area contributed by atoms with Crippen molar-refractivity contribution in [3.63, 3.8) is 0 Å². The first-order chi connectivity index (χ1) is 8.16. The van der Waals surface area contributed by atoms with Crippen LogP contribution < -0.4 is 5.32 Å². The van der Waals surface area contributed by atoms with E-state index < -0.39 is 6.43 Å². The number of piperidine rings is 1. The second-order valence-corrected chi connectivity index (χ2v) is 4.59. The summed E-state index contributed by atoms with van der Waals surface area (Å²) in [7, 11) is 0. The molecule has 1 fully saturated rings. The smallest absolute Gasteiger partial charge is 0.263 e. The normalized spacial score (nSPS) is 17.6. The lowest BCUT2D eigenvalue weighted by Crippen LogP contribution is -2.28. The fourth-order valence-electron chi connectivity index (χ4n) is 2.30. The molecule has 0 aliphatic carbocycles. The maximum Gasteiger partial charge on any atom is 0.263 e. The highest BCUT2D eigenvalue weighted by Gasteiger charge is 2.17. The Morgan fingerprint density at radius 1 is 1.29 bits per heavy atom. The largest absolute Gasteiger partial charge is 0.508 e. The molecule has 0 saturated carbocycles. The Labute approximate surface area is 99.7 Å². The van der Waals surface area contributed by atoms with Gasteiger partial charge >= 0.3 is 0 Å². The zero-order chi connectivity index (χ0) is 12.3. The topological polar surface area (TPSA) is 32.3 Å². The third-order valence-electron chi connectivity index (χ3n) is 3.32. The van der Waals surface area contributed by atoms with E-state index in [1.807, 2.05) is 0 Å². The van der Waals surface area contributed by atoms with Gasteiger partial charge in [0.2, 0.25) is 0 Å². The zero-order valence-electron chi connectivity index (χ0n) is 9.63. The number of hydrogen-bond donors (Lipinski definition) is 2. The average molecular weight is 241 g/mol. The van der Waals surface area contributed by atoms with Crippen LogP contribution in [0.1, 0.15) is 30.4 Å². The van der Waals surface area contributed by atoms with E-state index in [2.05, 4.69) is 5.32 Å². The van der Waals surface area contributed by atoms with E-state index in [1.54, 1.807) is 0 Å². The second kappa shape index (κ2) is 5.45. The minimum Gasteiger partial charge on any atom is -0.508 e. The first-order valence-corrected chi connectivity index (χ1v) is 5.97. The van der Waals surface area contributed by atoms with E-state index in [4.69, 9.17) is 0 Å². The van der Waals surface area contributed by atoms with Gasteiger partial charge in [-0.05, 0) is 62.0 Å². The standard InChI is InChI=1S/C13H17F2NO/c14-13(15)10-1-2-12(17)11(8-10)7-9-3-5-16-6-4-9/h1-2,8-9,13,16-17H,3-7H2. The van der Waals surface area contributed by atoms with E-state index in [9.17, 15) is 13.9 Å². The van der Waals surface area contributed by atoms with Gasteiger partial charge in [0.05, 0.1) is 0 Å². The quantitative estimate of drug-likeness (QED) is 0.852. The Bertz CT molecular complexity index is 376. The van der Waals surface area contributed by atoms with Gasteiger partial charge < -0.3 is 10.4 Å². The van der Waals surface area contributed by atoms with Crippen LogP contribution in [0.2, 0.25) is 0 Å². The monoisotopic (exact) mass is 241 g/mol. The lowest BCUT2D eigenvalue weighted by atomic mass is 9.90. The van der Waals surface area contributed by atoms with Crippen LogP contribution in [0.4, 0.5) is 8.78 Å². The van der Waals surface area contributed by atoms with E-state index in [-0.39, 0.29) is 11.3 Å². The Morgan fingerprint density at radius 3 is 2.65 bits per heavy atom. The molecule has 2 N–H and O–H groups in total. The highest BCUT2D eigenvalue weighted by molar-refractivity contribution is 5.37. The van der Waals surface area contributed by atoms with Crippen LogP contribution in [0.5, 0.6) is 5.75 Å². The van der Waals surface area contributed by atoms with Crippen molar-refractivity contribution in [3.05, 3.63) is 29.3 Å². The van der Waals surface area contributed by atoms with E-state index in [0.717, 1.165) is 25.9 Å². The summed E-state index contributed by atoms with van der Waals surface area (Å²) in [5, 5.41) is 12.9. The fourth-order valence-corrected chi connectivity index (χ4v) is 2.30.